The lowest BCUT2D eigenvalue weighted by Crippen LogP contribution is -2.50. The van der Waals surface area contributed by atoms with Gasteiger partial charge in [-0.15, -0.1) is 0 Å². The van der Waals surface area contributed by atoms with Crippen molar-refractivity contribution in [3.8, 4) is 5.75 Å². The zero-order chi connectivity index (χ0) is 26.0. The molecule has 192 valence electrons. The standard InChI is InChI=1S/C23H31N3O7S2/c1-16-13-26(17(2)15-27)23(28)20-12-18(24-35(31,32)19-8-6-5-7-9-19)10-11-21(20)33-22(16)14-25(3)34(4,29)30/h5-12,16-17,22,24,27H,13-15H2,1-4H3/t16-,17-,22+/m0/s1. The van der Waals surface area contributed by atoms with E-state index >= 15 is 0 Å². The number of carbonyl (C=O) groups excluding carboxylic acids is 1. The highest BCUT2D eigenvalue weighted by Gasteiger charge is 2.34. The van der Waals surface area contributed by atoms with Crippen LogP contribution < -0.4 is 9.46 Å². The Balaban J connectivity index is 2.02. The van der Waals surface area contributed by atoms with Crippen molar-refractivity contribution in [2.45, 2.75) is 30.9 Å². The zero-order valence-electron chi connectivity index (χ0n) is 20.1. The van der Waals surface area contributed by atoms with E-state index in [1.807, 2.05) is 6.92 Å². The van der Waals surface area contributed by atoms with E-state index < -0.39 is 38.1 Å². The van der Waals surface area contributed by atoms with Crippen LogP contribution in [0.25, 0.3) is 0 Å². The lowest BCUT2D eigenvalue weighted by Gasteiger charge is -2.38. The van der Waals surface area contributed by atoms with Gasteiger partial charge in [0.2, 0.25) is 10.0 Å². The van der Waals surface area contributed by atoms with Crippen LogP contribution in [-0.4, -0.2) is 82.2 Å². The number of ether oxygens (including phenoxy) is 1. The van der Waals surface area contributed by atoms with E-state index in [2.05, 4.69) is 4.72 Å². The lowest BCUT2D eigenvalue weighted by molar-refractivity contribution is 0.0387. The maximum Gasteiger partial charge on any atom is 0.261 e. The van der Waals surface area contributed by atoms with Crippen LogP contribution in [0.1, 0.15) is 24.2 Å². The largest absolute Gasteiger partial charge is 0.488 e. The van der Waals surface area contributed by atoms with Crippen molar-refractivity contribution in [3.05, 3.63) is 54.1 Å². The van der Waals surface area contributed by atoms with Gasteiger partial charge < -0.3 is 14.7 Å². The second kappa shape index (κ2) is 10.5. The molecule has 0 bridgehead atoms. The van der Waals surface area contributed by atoms with E-state index in [9.17, 15) is 26.7 Å². The second-order valence-electron chi connectivity index (χ2n) is 8.80. The average molecular weight is 526 g/mol. The molecule has 1 aliphatic rings. The Hall–Kier alpha value is -2.67. The summed E-state index contributed by atoms with van der Waals surface area (Å²) in [6.07, 6.45) is 0.505. The molecule has 35 heavy (non-hydrogen) atoms. The summed E-state index contributed by atoms with van der Waals surface area (Å²) in [6.45, 7) is 3.54. The number of amides is 1. The van der Waals surface area contributed by atoms with Crippen LogP contribution in [0.4, 0.5) is 5.69 Å². The molecule has 0 radical (unpaired) electrons. The van der Waals surface area contributed by atoms with Gasteiger partial charge in [0.1, 0.15) is 11.9 Å². The summed E-state index contributed by atoms with van der Waals surface area (Å²) in [5.74, 6) is -0.489. The third kappa shape index (κ3) is 6.31. The van der Waals surface area contributed by atoms with E-state index in [-0.39, 0.29) is 47.5 Å². The van der Waals surface area contributed by atoms with Crippen LogP contribution in [0.3, 0.4) is 0 Å². The van der Waals surface area contributed by atoms with Crippen LogP contribution in [-0.2, 0) is 20.0 Å². The van der Waals surface area contributed by atoms with Crippen LogP contribution in [0.15, 0.2) is 53.4 Å². The fourth-order valence-corrected chi connectivity index (χ4v) is 5.19. The molecule has 3 rings (SSSR count). The number of carbonyl (C=O) groups is 1. The first-order valence-corrected chi connectivity index (χ1v) is 14.4. The van der Waals surface area contributed by atoms with Gasteiger partial charge in [0.05, 0.1) is 35.9 Å². The number of benzene rings is 2. The molecule has 3 atom stereocenters. The number of aliphatic hydroxyl groups is 1. The summed E-state index contributed by atoms with van der Waals surface area (Å²) >= 11 is 0. The number of hydrogen-bond acceptors (Lipinski definition) is 7. The SMILES string of the molecule is C[C@H]1CN([C@@H](C)CO)C(=O)c2cc(NS(=O)(=O)c3ccccc3)ccc2O[C@@H]1CN(C)S(C)(=O)=O. The number of rotatable bonds is 8. The van der Waals surface area contributed by atoms with Gasteiger partial charge in [-0.05, 0) is 37.3 Å². The Morgan fingerprint density at radius 3 is 2.43 bits per heavy atom. The Labute approximate surface area is 206 Å². The average Bonchev–Trinajstić information content (AvgIpc) is 2.81. The molecule has 1 amide bonds. The van der Waals surface area contributed by atoms with Crippen molar-refractivity contribution >= 4 is 31.6 Å². The Morgan fingerprint density at radius 1 is 1.17 bits per heavy atom. The predicted octanol–water partition coefficient (Wildman–Crippen LogP) is 1.60. The van der Waals surface area contributed by atoms with Crippen molar-refractivity contribution < 1.29 is 31.5 Å². The van der Waals surface area contributed by atoms with Crippen LogP contribution in [0.5, 0.6) is 5.75 Å². The fraction of sp³-hybridized carbons (Fsp3) is 0.435. The minimum Gasteiger partial charge on any atom is -0.488 e. The molecule has 0 saturated carbocycles. The van der Waals surface area contributed by atoms with Gasteiger partial charge in [0.25, 0.3) is 15.9 Å². The Bertz CT molecular complexity index is 1270. The van der Waals surface area contributed by atoms with E-state index in [1.165, 1.54) is 46.6 Å². The molecule has 0 spiro atoms. The molecule has 0 unspecified atom stereocenters. The summed E-state index contributed by atoms with van der Waals surface area (Å²) in [5, 5.41) is 9.75. The quantitative estimate of drug-likeness (QED) is 0.535. The molecule has 2 aromatic carbocycles. The van der Waals surface area contributed by atoms with Crippen LogP contribution in [0.2, 0.25) is 0 Å². The summed E-state index contributed by atoms with van der Waals surface area (Å²) in [5.41, 5.74) is 0.275. The molecule has 2 aromatic rings. The number of nitrogens with one attached hydrogen (secondary N) is 1. The molecular formula is C23H31N3O7S2. The molecule has 1 aliphatic heterocycles. The molecular weight excluding hydrogens is 494 g/mol. The summed E-state index contributed by atoms with van der Waals surface area (Å²) in [6, 6.07) is 11.7. The van der Waals surface area contributed by atoms with E-state index in [0.29, 0.717) is 0 Å². The molecule has 1 heterocycles. The molecule has 0 aliphatic carbocycles. The zero-order valence-corrected chi connectivity index (χ0v) is 21.7. The summed E-state index contributed by atoms with van der Waals surface area (Å²) in [7, 11) is -5.91. The number of nitrogens with zero attached hydrogens (tertiary/aromatic N) is 2. The van der Waals surface area contributed by atoms with E-state index in [1.54, 1.807) is 25.1 Å². The van der Waals surface area contributed by atoms with Crippen molar-refractivity contribution in [1.29, 1.82) is 0 Å². The van der Waals surface area contributed by atoms with Crippen molar-refractivity contribution in [2.24, 2.45) is 5.92 Å². The smallest absolute Gasteiger partial charge is 0.261 e. The Morgan fingerprint density at radius 2 is 1.83 bits per heavy atom. The van der Waals surface area contributed by atoms with Gasteiger partial charge >= 0.3 is 0 Å². The lowest BCUT2D eigenvalue weighted by atomic mass is 9.99. The van der Waals surface area contributed by atoms with Gasteiger partial charge in [-0.3, -0.25) is 9.52 Å². The van der Waals surface area contributed by atoms with Gasteiger partial charge in [-0.1, -0.05) is 25.1 Å². The van der Waals surface area contributed by atoms with Crippen molar-refractivity contribution in [2.75, 3.05) is 37.7 Å². The van der Waals surface area contributed by atoms with Gasteiger partial charge in [0.15, 0.2) is 0 Å². The van der Waals surface area contributed by atoms with Crippen molar-refractivity contribution in [1.82, 2.24) is 9.21 Å². The maximum atomic E-state index is 13.5. The first-order chi connectivity index (χ1) is 16.3. The van der Waals surface area contributed by atoms with E-state index in [4.69, 9.17) is 4.74 Å². The highest BCUT2D eigenvalue weighted by Crippen LogP contribution is 2.31. The minimum absolute atomic E-state index is 0.0529. The number of aliphatic hydroxyl groups excluding tert-OH is 1. The summed E-state index contributed by atoms with van der Waals surface area (Å²) < 4.78 is 59.3. The number of fused-ring (bicyclic) bond motifs is 1. The summed E-state index contributed by atoms with van der Waals surface area (Å²) in [4.78, 5) is 15.0. The fourth-order valence-electron chi connectivity index (χ4n) is 3.71. The second-order valence-corrected chi connectivity index (χ2v) is 12.6. The molecule has 2 N–H and O–H groups in total. The first kappa shape index (κ1) is 26.9. The molecule has 10 nitrogen and oxygen atoms in total. The number of sulfonamides is 2. The normalized spacial score (nSPS) is 19.9. The third-order valence-corrected chi connectivity index (χ3v) is 8.65. The van der Waals surface area contributed by atoms with Crippen molar-refractivity contribution in [3.63, 3.8) is 0 Å². The van der Waals surface area contributed by atoms with Crippen LogP contribution in [0, 0.1) is 5.92 Å². The molecule has 12 heteroatoms. The number of likely N-dealkylation sites (N-methyl/N-ethyl adjacent to an activating group) is 1. The molecule has 0 fully saturated rings. The number of hydrogen-bond donors (Lipinski definition) is 2. The predicted molar refractivity (Wildman–Crippen MR) is 132 cm³/mol. The highest BCUT2D eigenvalue weighted by atomic mass is 32.2. The topological polar surface area (TPSA) is 133 Å². The van der Waals surface area contributed by atoms with Gasteiger partial charge in [-0.25, -0.2) is 21.1 Å². The van der Waals surface area contributed by atoms with Gasteiger partial charge in [-0.2, -0.15) is 0 Å². The third-order valence-electron chi connectivity index (χ3n) is 5.97. The maximum absolute atomic E-state index is 13.5. The minimum atomic E-state index is -3.89. The Kier molecular flexibility index (Phi) is 8.10. The number of anilines is 1. The monoisotopic (exact) mass is 525 g/mol. The van der Waals surface area contributed by atoms with E-state index in [0.717, 1.165) is 6.26 Å². The van der Waals surface area contributed by atoms with Crippen LogP contribution >= 0.6 is 0 Å². The first-order valence-electron chi connectivity index (χ1n) is 11.0. The molecule has 0 saturated heterocycles. The van der Waals surface area contributed by atoms with Gasteiger partial charge in [0, 0.05) is 25.2 Å². The molecule has 0 aromatic heterocycles. The highest BCUT2D eigenvalue weighted by molar-refractivity contribution is 7.92.